The molecule has 114 valence electrons. The highest BCUT2D eigenvalue weighted by atomic mass is 19.1. The van der Waals surface area contributed by atoms with Crippen LogP contribution in [-0.2, 0) is 9.59 Å². The Morgan fingerprint density at radius 1 is 1.38 bits per heavy atom. The Kier molecular flexibility index (Phi) is 6.59. The van der Waals surface area contributed by atoms with E-state index in [-0.39, 0.29) is 24.1 Å². The lowest BCUT2D eigenvalue weighted by atomic mass is 9.97. The summed E-state index contributed by atoms with van der Waals surface area (Å²) in [6, 6.07) is 5.03. The predicted molar refractivity (Wildman–Crippen MR) is 78.4 cm³/mol. The second-order valence-corrected chi connectivity index (χ2v) is 4.98. The molecule has 0 aliphatic heterocycles. The summed E-state index contributed by atoms with van der Waals surface area (Å²) >= 11 is 0. The number of rotatable bonds is 8. The first-order chi connectivity index (χ1) is 9.93. The van der Waals surface area contributed by atoms with Gasteiger partial charge in [-0.3, -0.25) is 4.79 Å². The lowest BCUT2D eigenvalue weighted by Crippen LogP contribution is -2.41. The number of amides is 1. The Hall–Kier alpha value is -2.17. The molecule has 0 saturated carbocycles. The van der Waals surface area contributed by atoms with Crippen molar-refractivity contribution in [1.82, 2.24) is 5.32 Å². The first-order valence-corrected chi connectivity index (χ1v) is 6.82. The minimum atomic E-state index is -1.06. The molecule has 0 aliphatic carbocycles. The third-order valence-corrected chi connectivity index (χ3v) is 3.22. The Morgan fingerprint density at radius 2 is 2.00 bits per heavy atom. The second-order valence-electron chi connectivity index (χ2n) is 4.98. The van der Waals surface area contributed by atoms with E-state index in [1.165, 1.54) is 12.1 Å². The van der Waals surface area contributed by atoms with Crippen molar-refractivity contribution >= 4 is 11.9 Å². The van der Waals surface area contributed by atoms with Crippen LogP contribution in [0.3, 0.4) is 0 Å². The lowest BCUT2D eigenvalue weighted by Gasteiger charge is -2.16. The molecule has 0 fully saturated rings. The van der Waals surface area contributed by atoms with Gasteiger partial charge in [0.2, 0.25) is 5.91 Å². The number of carboxylic acid groups (broad SMARTS) is 1. The van der Waals surface area contributed by atoms with E-state index in [2.05, 4.69) is 11.9 Å². The van der Waals surface area contributed by atoms with E-state index in [9.17, 15) is 14.0 Å². The molecule has 21 heavy (non-hydrogen) atoms. The number of carbonyl (C=O) groups is 2. The SMILES string of the molecule is C=CCCC(NC(=O)CC(C)c1ccc(F)cc1)C(=O)O. The fourth-order valence-corrected chi connectivity index (χ4v) is 1.98. The van der Waals surface area contributed by atoms with Gasteiger partial charge in [-0.05, 0) is 36.5 Å². The van der Waals surface area contributed by atoms with Crippen molar-refractivity contribution in [3.05, 3.63) is 48.3 Å². The zero-order valence-corrected chi connectivity index (χ0v) is 12.0. The molecule has 0 aliphatic rings. The highest BCUT2D eigenvalue weighted by Gasteiger charge is 2.20. The van der Waals surface area contributed by atoms with Crippen molar-refractivity contribution in [3.8, 4) is 0 Å². The van der Waals surface area contributed by atoms with Crippen LogP contribution in [0.5, 0.6) is 0 Å². The molecule has 1 aromatic carbocycles. The van der Waals surface area contributed by atoms with Gasteiger partial charge in [-0.25, -0.2) is 9.18 Å². The van der Waals surface area contributed by atoms with Crippen LogP contribution in [0.4, 0.5) is 4.39 Å². The van der Waals surface area contributed by atoms with Gasteiger partial charge in [0, 0.05) is 6.42 Å². The molecule has 0 spiro atoms. The average molecular weight is 293 g/mol. The van der Waals surface area contributed by atoms with Gasteiger partial charge in [-0.15, -0.1) is 6.58 Å². The maximum absolute atomic E-state index is 12.8. The summed E-state index contributed by atoms with van der Waals surface area (Å²) < 4.78 is 12.8. The molecular formula is C16H20FNO3. The van der Waals surface area contributed by atoms with Gasteiger partial charge in [-0.2, -0.15) is 0 Å². The van der Waals surface area contributed by atoms with Crippen molar-refractivity contribution in [2.24, 2.45) is 0 Å². The van der Waals surface area contributed by atoms with Crippen molar-refractivity contribution in [2.75, 3.05) is 0 Å². The number of aliphatic carboxylic acids is 1. The molecule has 5 heteroatoms. The summed E-state index contributed by atoms with van der Waals surface area (Å²) in [6.07, 6.45) is 2.60. The highest BCUT2D eigenvalue weighted by molar-refractivity contribution is 5.83. The molecule has 0 aromatic heterocycles. The van der Waals surface area contributed by atoms with E-state index in [1.807, 2.05) is 6.92 Å². The summed E-state index contributed by atoms with van der Waals surface area (Å²) in [6.45, 7) is 5.37. The van der Waals surface area contributed by atoms with E-state index < -0.39 is 12.0 Å². The topological polar surface area (TPSA) is 66.4 Å². The number of nitrogens with one attached hydrogen (secondary N) is 1. The molecule has 2 N–H and O–H groups in total. The zero-order chi connectivity index (χ0) is 15.8. The molecule has 0 radical (unpaired) electrons. The number of hydrogen-bond donors (Lipinski definition) is 2. The Balaban J connectivity index is 2.56. The molecule has 2 unspecified atom stereocenters. The Bertz CT molecular complexity index is 499. The molecule has 0 saturated heterocycles. The van der Waals surface area contributed by atoms with E-state index >= 15 is 0 Å². The lowest BCUT2D eigenvalue weighted by molar-refractivity contribution is -0.142. The molecular weight excluding hydrogens is 273 g/mol. The molecule has 1 amide bonds. The van der Waals surface area contributed by atoms with Gasteiger partial charge in [0.25, 0.3) is 0 Å². The molecule has 2 atom stereocenters. The Labute approximate surface area is 123 Å². The van der Waals surface area contributed by atoms with Crippen LogP contribution < -0.4 is 5.32 Å². The van der Waals surface area contributed by atoms with Gasteiger partial charge in [0.1, 0.15) is 11.9 Å². The maximum atomic E-state index is 12.8. The van der Waals surface area contributed by atoms with Crippen LogP contribution in [0.15, 0.2) is 36.9 Å². The minimum absolute atomic E-state index is 0.112. The third kappa shape index (κ3) is 5.77. The van der Waals surface area contributed by atoms with E-state index in [0.717, 1.165) is 5.56 Å². The largest absolute Gasteiger partial charge is 0.480 e. The maximum Gasteiger partial charge on any atom is 0.326 e. The molecule has 4 nitrogen and oxygen atoms in total. The summed E-state index contributed by atoms with van der Waals surface area (Å²) in [4.78, 5) is 22.9. The summed E-state index contributed by atoms with van der Waals surface area (Å²) in [5.41, 5.74) is 0.838. The molecule has 0 heterocycles. The first kappa shape index (κ1) is 16.9. The molecule has 0 bridgehead atoms. The highest BCUT2D eigenvalue weighted by Crippen LogP contribution is 2.19. The van der Waals surface area contributed by atoms with Gasteiger partial charge in [0.05, 0.1) is 0 Å². The van der Waals surface area contributed by atoms with Crippen molar-refractivity contribution in [1.29, 1.82) is 0 Å². The monoisotopic (exact) mass is 293 g/mol. The minimum Gasteiger partial charge on any atom is -0.480 e. The summed E-state index contributed by atoms with van der Waals surface area (Å²) in [5, 5.41) is 11.5. The third-order valence-electron chi connectivity index (χ3n) is 3.22. The zero-order valence-electron chi connectivity index (χ0n) is 12.0. The van der Waals surface area contributed by atoms with Gasteiger partial charge < -0.3 is 10.4 Å². The number of carbonyl (C=O) groups excluding carboxylic acids is 1. The fourth-order valence-electron chi connectivity index (χ4n) is 1.98. The number of carboxylic acids is 1. The Morgan fingerprint density at radius 3 is 2.52 bits per heavy atom. The van der Waals surface area contributed by atoms with E-state index in [1.54, 1.807) is 18.2 Å². The van der Waals surface area contributed by atoms with Crippen LogP contribution in [-0.4, -0.2) is 23.0 Å². The molecule has 1 rings (SSSR count). The van der Waals surface area contributed by atoms with Crippen LogP contribution >= 0.6 is 0 Å². The van der Waals surface area contributed by atoms with E-state index in [4.69, 9.17) is 5.11 Å². The van der Waals surface area contributed by atoms with Crippen LogP contribution in [0.25, 0.3) is 0 Å². The number of allylic oxidation sites excluding steroid dienone is 1. The normalized spacial score (nSPS) is 13.2. The molecule has 1 aromatic rings. The van der Waals surface area contributed by atoms with Crippen LogP contribution in [0.2, 0.25) is 0 Å². The fraction of sp³-hybridized carbons (Fsp3) is 0.375. The van der Waals surface area contributed by atoms with Crippen molar-refractivity contribution in [2.45, 2.75) is 38.1 Å². The number of halogens is 1. The number of hydrogen-bond acceptors (Lipinski definition) is 2. The van der Waals surface area contributed by atoms with Crippen LogP contribution in [0, 0.1) is 5.82 Å². The number of benzene rings is 1. The quantitative estimate of drug-likeness (QED) is 0.724. The predicted octanol–water partition coefficient (Wildman–Crippen LogP) is 2.85. The standard InChI is InChI=1S/C16H20FNO3/c1-3-4-5-14(16(20)21)18-15(19)10-11(2)12-6-8-13(17)9-7-12/h3,6-9,11,14H,1,4-5,10H2,2H3,(H,18,19)(H,20,21). The first-order valence-electron chi connectivity index (χ1n) is 6.82. The van der Waals surface area contributed by atoms with Gasteiger partial charge in [-0.1, -0.05) is 25.1 Å². The smallest absolute Gasteiger partial charge is 0.326 e. The van der Waals surface area contributed by atoms with Crippen molar-refractivity contribution in [3.63, 3.8) is 0 Å². The van der Waals surface area contributed by atoms with Crippen molar-refractivity contribution < 1.29 is 19.1 Å². The van der Waals surface area contributed by atoms with E-state index in [0.29, 0.717) is 12.8 Å². The van der Waals surface area contributed by atoms with Gasteiger partial charge >= 0.3 is 5.97 Å². The summed E-state index contributed by atoms with van der Waals surface area (Å²) in [7, 11) is 0. The average Bonchev–Trinajstić information content (AvgIpc) is 2.43. The summed E-state index contributed by atoms with van der Waals surface area (Å²) in [5.74, 6) is -1.83. The second kappa shape index (κ2) is 8.19. The van der Waals surface area contributed by atoms with Gasteiger partial charge in [0.15, 0.2) is 0 Å². The van der Waals surface area contributed by atoms with Crippen LogP contribution in [0.1, 0.15) is 37.7 Å².